The maximum absolute atomic E-state index is 13.1. The Morgan fingerprint density at radius 1 is 0.957 bits per heavy atom. The lowest BCUT2D eigenvalue weighted by atomic mass is 10.4. The molecule has 7 nitrogen and oxygen atoms in total. The number of rotatable bonds is 12. The van der Waals surface area contributed by atoms with E-state index < -0.39 is 13.7 Å². The first-order valence-corrected chi connectivity index (χ1v) is 8.73. The zero-order chi connectivity index (χ0) is 17.1. The summed E-state index contributed by atoms with van der Waals surface area (Å²) in [5, 5.41) is 10.1. The first kappa shape index (κ1) is 20.3. The third-order valence-electron chi connectivity index (χ3n) is 2.98. The molecule has 0 spiro atoms. The Balaban J connectivity index is 2.78. The maximum Gasteiger partial charge on any atom is 0.361 e. The highest BCUT2D eigenvalue weighted by Gasteiger charge is 2.30. The van der Waals surface area contributed by atoms with Crippen LogP contribution in [0.25, 0.3) is 0 Å². The monoisotopic (exact) mass is 348 g/mol. The van der Waals surface area contributed by atoms with Crippen LogP contribution in [0.3, 0.4) is 0 Å². The highest BCUT2D eigenvalue weighted by atomic mass is 31.2. The van der Waals surface area contributed by atoms with Crippen LogP contribution >= 0.6 is 7.60 Å². The van der Waals surface area contributed by atoms with E-state index in [1.807, 2.05) is 0 Å². The number of aliphatic hydroxyl groups excluding tert-OH is 1. The van der Waals surface area contributed by atoms with E-state index in [1.54, 1.807) is 37.4 Å². The second-order valence-electron chi connectivity index (χ2n) is 4.85. The van der Waals surface area contributed by atoms with Crippen LogP contribution in [-0.4, -0.2) is 65.1 Å². The van der Waals surface area contributed by atoms with Gasteiger partial charge in [-0.25, -0.2) is 0 Å². The molecule has 0 saturated heterocycles. The molecule has 3 unspecified atom stereocenters. The molecule has 3 atom stereocenters. The van der Waals surface area contributed by atoms with E-state index in [4.69, 9.17) is 23.3 Å². The molecular weight excluding hydrogens is 323 g/mol. The van der Waals surface area contributed by atoms with Crippen molar-refractivity contribution in [3.63, 3.8) is 0 Å². The molecule has 0 fully saturated rings. The second kappa shape index (κ2) is 10.9. The molecule has 0 aliphatic carbocycles. The van der Waals surface area contributed by atoms with Gasteiger partial charge in [-0.3, -0.25) is 4.57 Å². The van der Waals surface area contributed by atoms with Crippen molar-refractivity contribution in [2.45, 2.75) is 12.2 Å². The first-order chi connectivity index (χ1) is 11.1. The summed E-state index contributed by atoms with van der Waals surface area (Å²) in [6, 6.07) is 8.59. The van der Waals surface area contributed by atoms with Gasteiger partial charge in [-0.2, -0.15) is 0 Å². The zero-order valence-corrected chi connectivity index (χ0v) is 14.6. The molecule has 0 aromatic heterocycles. The molecule has 1 N–H and O–H groups in total. The van der Waals surface area contributed by atoms with Gasteiger partial charge in [0.1, 0.15) is 12.2 Å². The van der Waals surface area contributed by atoms with E-state index >= 15 is 0 Å². The molecule has 1 rings (SSSR count). The fourth-order valence-electron chi connectivity index (χ4n) is 1.77. The fourth-order valence-corrected chi connectivity index (χ4v) is 3.41. The largest absolute Gasteiger partial charge is 0.388 e. The molecule has 0 saturated carbocycles. The summed E-state index contributed by atoms with van der Waals surface area (Å²) in [4.78, 5) is 0. The van der Waals surface area contributed by atoms with Gasteiger partial charge < -0.3 is 28.4 Å². The van der Waals surface area contributed by atoms with Crippen LogP contribution < -0.4 is 5.30 Å². The summed E-state index contributed by atoms with van der Waals surface area (Å²) in [6.45, 7) is 0.259. The van der Waals surface area contributed by atoms with Gasteiger partial charge in [-0.05, 0) is 12.1 Å². The third kappa shape index (κ3) is 7.10. The molecule has 0 amide bonds. The SMILES string of the molecule is COCC(O)COP(=O)(OCC(COC)OC)c1ccccc1. The molecule has 1 aromatic rings. The fraction of sp³-hybridized carbons (Fsp3) is 0.600. The van der Waals surface area contributed by atoms with Gasteiger partial charge in [0.15, 0.2) is 0 Å². The highest BCUT2D eigenvalue weighted by molar-refractivity contribution is 7.62. The van der Waals surface area contributed by atoms with E-state index in [-0.39, 0.29) is 25.9 Å². The van der Waals surface area contributed by atoms with Crippen LogP contribution in [0.2, 0.25) is 0 Å². The van der Waals surface area contributed by atoms with Crippen LogP contribution in [0.4, 0.5) is 0 Å². The van der Waals surface area contributed by atoms with Crippen LogP contribution in [0.1, 0.15) is 0 Å². The van der Waals surface area contributed by atoms with Crippen molar-refractivity contribution in [1.82, 2.24) is 0 Å². The number of hydrogen-bond donors (Lipinski definition) is 1. The van der Waals surface area contributed by atoms with Gasteiger partial charge in [0.05, 0.1) is 31.7 Å². The molecule has 0 heterocycles. The Hall–Kier alpha value is -0.790. The van der Waals surface area contributed by atoms with Crippen LogP contribution in [0, 0.1) is 0 Å². The molecule has 0 bridgehead atoms. The second-order valence-corrected chi connectivity index (χ2v) is 6.87. The molecular formula is C15H25O7P. The number of methoxy groups -OCH3 is 3. The standard InChI is InChI=1S/C15H25O7P/c1-18-9-13(16)10-21-23(17,15-7-5-4-6-8-15)22-12-14(20-3)11-19-2/h4-8,13-14,16H,9-12H2,1-3H3. The Kier molecular flexibility index (Phi) is 9.59. The van der Waals surface area contributed by atoms with Gasteiger partial charge in [0.25, 0.3) is 0 Å². The predicted octanol–water partition coefficient (Wildman–Crippen LogP) is 1.21. The van der Waals surface area contributed by atoms with E-state index in [0.29, 0.717) is 11.9 Å². The van der Waals surface area contributed by atoms with Crippen LogP contribution in [-0.2, 0) is 27.8 Å². The average Bonchev–Trinajstić information content (AvgIpc) is 2.58. The minimum absolute atomic E-state index is 0.0386. The van der Waals surface area contributed by atoms with Crippen molar-refractivity contribution in [3.8, 4) is 0 Å². The van der Waals surface area contributed by atoms with Crippen molar-refractivity contribution < 1.29 is 32.9 Å². The highest BCUT2D eigenvalue weighted by Crippen LogP contribution is 2.47. The molecule has 0 aliphatic heterocycles. The quantitative estimate of drug-likeness (QED) is 0.568. The average molecular weight is 348 g/mol. The van der Waals surface area contributed by atoms with Gasteiger partial charge in [-0.1, -0.05) is 18.2 Å². The third-order valence-corrected chi connectivity index (χ3v) is 4.89. The maximum atomic E-state index is 13.1. The summed E-state index contributed by atoms with van der Waals surface area (Å²) in [7, 11) is 0.931. The number of hydrogen-bond acceptors (Lipinski definition) is 7. The van der Waals surface area contributed by atoms with E-state index in [9.17, 15) is 9.67 Å². The van der Waals surface area contributed by atoms with Crippen LogP contribution in [0.15, 0.2) is 30.3 Å². The van der Waals surface area contributed by atoms with Crippen molar-refractivity contribution >= 4 is 12.9 Å². The van der Waals surface area contributed by atoms with E-state index in [0.717, 1.165) is 0 Å². The van der Waals surface area contributed by atoms with Crippen molar-refractivity contribution in [3.05, 3.63) is 30.3 Å². The topological polar surface area (TPSA) is 83.5 Å². The molecule has 23 heavy (non-hydrogen) atoms. The summed E-state index contributed by atoms with van der Waals surface area (Å²) in [5.41, 5.74) is 0. The minimum Gasteiger partial charge on any atom is -0.388 e. The van der Waals surface area contributed by atoms with E-state index in [2.05, 4.69) is 0 Å². The van der Waals surface area contributed by atoms with Gasteiger partial charge in [-0.15, -0.1) is 0 Å². The lowest BCUT2D eigenvalue weighted by Gasteiger charge is -2.22. The smallest absolute Gasteiger partial charge is 0.361 e. The molecule has 1 aromatic carbocycles. The predicted molar refractivity (Wildman–Crippen MR) is 86.1 cm³/mol. The summed E-state index contributed by atoms with van der Waals surface area (Å²) < 4.78 is 39.0. The minimum atomic E-state index is -3.59. The Morgan fingerprint density at radius 3 is 2.13 bits per heavy atom. The normalized spacial score (nSPS) is 16.7. The van der Waals surface area contributed by atoms with E-state index in [1.165, 1.54) is 14.2 Å². The Morgan fingerprint density at radius 2 is 1.57 bits per heavy atom. The molecule has 0 radical (unpaired) electrons. The summed E-state index contributed by atoms with van der Waals surface area (Å²) in [6.07, 6.45) is -1.26. The lowest BCUT2D eigenvalue weighted by Crippen LogP contribution is -2.26. The van der Waals surface area contributed by atoms with Crippen molar-refractivity contribution in [2.24, 2.45) is 0 Å². The number of benzene rings is 1. The summed E-state index contributed by atoms with van der Waals surface area (Å²) >= 11 is 0. The lowest BCUT2D eigenvalue weighted by molar-refractivity contribution is -0.00655. The Bertz CT molecular complexity index is 468. The van der Waals surface area contributed by atoms with Crippen molar-refractivity contribution in [1.29, 1.82) is 0 Å². The number of aliphatic hydroxyl groups is 1. The van der Waals surface area contributed by atoms with Gasteiger partial charge >= 0.3 is 7.60 Å². The number of ether oxygens (including phenoxy) is 3. The van der Waals surface area contributed by atoms with Crippen molar-refractivity contribution in [2.75, 3.05) is 47.8 Å². The molecule has 132 valence electrons. The molecule has 0 aliphatic rings. The zero-order valence-electron chi connectivity index (χ0n) is 13.7. The Labute approximate surface area is 137 Å². The van der Waals surface area contributed by atoms with Gasteiger partial charge in [0.2, 0.25) is 0 Å². The summed E-state index contributed by atoms with van der Waals surface area (Å²) in [5.74, 6) is 0. The van der Waals surface area contributed by atoms with Gasteiger partial charge in [0, 0.05) is 21.3 Å². The van der Waals surface area contributed by atoms with Crippen LogP contribution in [0.5, 0.6) is 0 Å². The molecule has 8 heteroatoms. The first-order valence-electron chi connectivity index (χ1n) is 7.19.